The van der Waals surface area contributed by atoms with E-state index in [9.17, 15) is 9.59 Å². The lowest BCUT2D eigenvalue weighted by Gasteiger charge is -2.16. The standard InChI is InChI=1S/C10H4Br2O2/c11-9-5-1-3-7(13)10(12)6(5)2-4-8(9)14/h1-4H. The van der Waals surface area contributed by atoms with Gasteiger partial charge in [-0.25, -0.2) is 0 Å². The largest absolute Gasteiger partial charge is 0.289 e. The molecule has 0 bridgehead atoms. The van der Waals surface area contributed by atoms with Crippen LogP contribution in [-0.4, -0.2) is 11.6 Å². The summed E-state index contributed by atoms with van der Waals surface area (Å²) in [5, 5.41) is 0. The first-order chi connectivity index (χ1) is 6.61. The number of halogens is 2. The average Bonchev–Trinajstić information content (AvgIpc) is 2.17. The van der Waals surface area contributed by atoms with E-state index < -0.39 is 0 Å². The van der Waals surface area contributed by atoms with Crippen molar-refractivity contribution >= 4 is 43.4 Å². The van der Waals surface area contributed by atoms with E-state index in [1.54, 1.807) is 12.2 Å². The third-order valence-electron chi connectivity index (χ3n) is 2.00. The van der Waals surface area contributed by atoms with Crippen LogP contribution in [0.1, 0.15) is 0 Å². The fourth-order valence-corrected chi connectivity index (χ4v) is 2.25. The number of hydrogen-bond donors (Lipinski definition) is 0. The van der Waals surface area contributed by atoms with Crippen molar-refractivity contribution in [3.8, 4) is 0 Å². The predicted octanol–water partition coefficient (Wildman–Crippen LogP) is 2.56. The van der Waals surface area contributed by atoms with Gasteiger partial charge in [0.15, 0.2) is 11.6 Å². The van der Waals surface area contributed by atoms with E-state index in [1.165, 1.54) is 12.2 Å². The maximum absolute atomic E-state index is 11.3. The Hall–Kier alpha value is -0.740. The van der Waals surface area contributed by atoms with Gasteiger partial charge in [-0.1, -0.05) is 0 Å². The molecule has 14 heavy (non-hydrogen) atoms. The van der Waals surface area contributed by atoms with Crippen molar-refractivity contribution in [1.82, 2.24) is 0 Å². The van der Waals surface area contributed by atoms with Crippen LogP contribution in [0.2, 0.25) is 0 Å². The molecule has 0 heterocycles. The van der Waals surface area contributed by atoms with Gasteiger partial charge in [-0.2, -0.15) is 0 Å². The van der Waals surface area contributed by atoms with Crippen molar-refractivity contribution in [1.29, 1.82) is 0 Å². The Labute approximate surface area is 97.3 Å². The highest BCUT2D eigenvalue weighted by atomic mass is 79.9. The van der Waals surface area contributed by atoms with Crippen LogP contribution >= 0.6 is 31.9 Å². The van der Waals surface area contributed by atoms with E-state index in [1.807, 2.05) is 0 Å². The molecule has 0 atom stereocenters. The molecular formula is C10H4Br2O2. The van der Waals surface area contributed by atoms with Gasteiger partial charge in [0.05, 0.1) is 8.96 Å². The molecule has 2 aliphatic carbocycles. The molecule has 0 fully saturated rings. The highest BCUT2D eigenvalue weighted by molar-refractivity contribution is 9.12. The van der Waals surface area contributed by atoms with Crippen molar-refractivity contribution in [2.24, 2.45) is 0 Å². The SMILES string of the molecule is O=C1C=CC2=C(Br)C(=O)C=CC2=C1Br. The lowest BCUT2D eigenvalue weighted by atomic mass is 9.94. The van der Waals surface area contributed by atoms with Gasteiger partial charge in [-0.15, -0.1) is 0 Å². The molecule has 0 aromatic heterocycles. The van der Waals surface area contributed by atoms with Gasteiger partial charge in [0.25, 0.3) is 0 Å². The molecule has 4 heteroatoms. The molecule has 0 radical (unpaired) electrons. The van der Waals surface area contributed by atoms with Crippen molar-refractivity contribution < 1.29 is 9.59 Å². The molecule has 0 aromatic carbocycles. The van der Waals surface area contributed by atoms with E-state index >= 15 is 0 Å². The molecule has 70 valence electrons. The lowest BCUT2D eigenvalue weighted by molar-refractivity contribution is -0.111. The summed E-state index contributed by atoms with van der Waals surface area (Å²) < 4.78 is 0.992. The van der Waals surface area contributed by atoms with Gasteiger partial charge in [-0.05, 0) is 56.2 Å². The summed E-state index contributed by atoms with van der Waals surface area (Å²) in [5.41, 5.74) is 1.51. The van der Waals surface area contributed by atoms with Crippen molar-refractivity contribution in [2.75, 3.05) is 0 Å². The summed E-state index contributed by atoms with van der Waals surface area (Å²) in [5.74, 6) is -0.161. The van der Waals surface area contributed by atoms with Gasteiger partial charge < -0.3 is 0 Å². The van der Waals surface area contributed by atoms with Crippen molar-refractivity contribution in [2.45, 2.75) is 0 Å². The monoisotopic (exact) mass is 314 g/mol. The molecule has 0 spiro atoms. The number of rotatable bonds is 0. The minimum atomic E-state index is -0.0805. The zero-order valence-corrected chi connectivity index (χ0v) is 10.1. The van der Waals surface area contributed by atoms with Crippen LogP contribution in [0.3, 0.4) is 0 Å². The molecule has 0 aromatic rings. The topological polar surface area (TPSA) is 34.1 Å². The average molecular weight is 316 g/mol. The number of fused-ring (bicyclic) bond motifs is 1. The second-order valence-corrected chi connectivity index (χ2v) is 4.44. The Bertz CT molecular complexity index is 421. The van der Waals surface area contributed by atoms with Gasteiger partial charge in [0.2, 0.25) is 0 Å². The van der Waals surface area contributed by atoms with Gasteiger partial charge >= 0.3 is 0 Å². The number of allylic oxidation sites excluding steroid dienone is 8. The second kappa shape index (κ2) is 3.44. The van der Waals surface area contributed by atoms with Gasteiger partial charge in [-0.3, -0.25) is 9.59 Å². The van der Waals surface area contributed by atoms with Crippen molar-refractivity contribution in [3.63, 3.8) is 0 Å². The Morgan fingerprint density at radius 2 is 1.07 bits per heavy atom. The van der Waals surface area contributed by atoms with Crippen LogP contribution in [0.5, 0.6) is 0 Å². The highest BCUT2D eigenvalue weighted by Crippen LogP contribution is 2.34. The Morgan fingerprint density at radius 3 is 1.43 bits per heavy atom. The summed E-state index contributed by atoms with van der Waals surface area (Å²) in [6.07, 6.45) is 6.18. The van der Waals surface area contributed by atoms with Gasteiger partial charge in [0.1, 0.15) is 0 Å². The molecular weight excluding hydrogens is 312 g/mol. The third kappa shape index (κ3) is 1.38. The van der Waals surface area contributed by atoms with Gasteiger partial charge in [0, 0.05) is 11.1 Å². The van der Waals surface area contributed by atoms with E-state index in [4.69, 9.17) is 0 Å². The predicted molar refractivity (Wildman–Crippen MR) is 60.2 cm³/mol. The molecule has 0 unspecified atom stereocenters. The summed E-state index contributed by atoms with van der Waals surface area (Å²) in [6, 6.07) is 0. The van der Waals surface area contributed by atoms with Crippen LogP contribution in [0.4, 0.5) is 0 Å². The molecule has 0 saturated carbocycles. The molecule has 0 amide bonds. The van der Waals surface area contributed by atoms with Crippen LogP contribution in [0, 0.1) is 0 Å². The lowest BCUT2D eigenvalue weighted by Crippen LogP contribution is -2.10. The Kier molecular flexibility index (Phi) is 2.41. The maximum Gasteiger partial charge on any atom is 0.193 e. The Balaban J connectivity index is 2.66. The number of ketones is 2. The molecule has 0 saturated heterocycles. The Morgan fingerprint density at radius 1 is 0.714 bits per heavy atom. The number of carbonyl (C=O) groups excluding carboxylic acids is 2. The fourth-order valence-electron chi connectivity index (χ4n) is 1.29. The van der Waals surface area contributed by atoms with E-state index in [2.05, 4.69) is 31.9 Å². The van der Waals surface area contributed by atoms with Crippen LogP contribution < -0.4 is 0 Å². The fraction of sp³-hybridized carbons (Fsp3) is 0. The quantitative estimate of drug-likeness (QED) is 0.688. The third-order valence-corrected chi connectivity index (χ3v) is 3.63. The molecule has 0 N–H and O–H groups in total. The number of carbonyl (C=O) groups is 2. The van der Waals surface area contributed by atoms with Crippen molar-refractivity contribution in [3.05, 3.63) is 44.4 Å². The molecule has 0 aliphatic heterocycles. The summed E-state index contributed by atoms with van der Waals surface area (Å²) in [7, 11) is 0. The van der Waals surface area contributed by atoms with E-state index in [0.717, 1.165) is 11.1 Å². The summed E-state index contributed by atoms with van der Waals surface area (Å²) in [6.45, 7) is 0. The van der Waals surface area contributed by atoms with Crippen LogP contribution in [0.25, 0.3) is 0 Å². The summed E-state index contributed by atoms with van der Waals surface area (Å²) >= 11 is 6.41. The molecule has 2 aliphatic rings. The maximum atomic E-state index is 11.3. The first-order valence-corrected chi connectivity index (χ1v) is 5.44. The first kappa shape index (κ1) is 9.80. The van der Waals surface area contributed by atoms with E-state index in [-0.39, 0.29) is 11.6 Å². The van der Waals surface area contributed by atoms with Crippen LogP contribution in [0.15, 0.2) is 44.4 Å². The molecule has 2 nitrogen and oxygen atoms in total. The number of hydrogen-bond acceptors (Lipinski definition) is 2. The minimum Gasteiger partial charge on any atom is -0.289 e. The zero-order valence-electron chi connectivity index (χ0n) is 6.88. The first-order valence-electron chi connectivity index (χ1n) is 3.86. The minimum absolute atomic E-state index is 0.0805. The highest BCUT2D eigenvalue weighted by Gasteiger charge is 2.23. The zero-order chi connectivity index (χ0) is 10.3. The van der Waals surface area contributed by atoms with E-state index in [0.29, 0.717) is 8.96 Å². The second-order valence-electron chi connectivity index (χ2n) is 2.85. The van der Waals surface area contributed by atoms with Crippen LogP contribution in [-0.2, 0) is 9.59 Å². The summed E-state index contributed by atoms with van der Waals surface area (Å²) in [4.78, 5) is 22.6. The normalized spacial score (nSPS) is 20.7. The molecule has 2 rings (SSSR count). The smallest absolute Gasteiger partial charge is 0.193 e.